The van der Waals surface area contributed by atoms with Crippen LogP contribution in [0.5, 0.6) is 0 Å². The fourth-order valence-electron chi connectivity index (χ4n) is 3.13. The van der Waals surface area contributed by atoms with E-state index < -0.39 is 0 Å². The van der Waals surface area contributed by atoms with Crippen molar-refractivity contribution in [2.45, 2.75) is 12.5 Å². The molecule has 1 amide bonds. The maximum atomic E-state index is 12.6. The summed E-state index contributed by atoms with van der Waals surface area (Å²) >= 11 is 2.22. The van der Waals surface area contributed by atoms with Gasteiger partial charge in [-0.15, -0.1) is 0 Å². The molecule has 4 rings (SSSR count). The average molecular weight is 469 g/mol. The first-order valence-corrected chi connectivity index (χ1v) is 9.64. The number of halogens is 1. The van der Waals surface area contributed by atoms with Crippen molar-refractivity contribution in [2.75, 3.05) is 5.32 Å². The number of rotatable bonds is 3. The number of fused-ring (bicyclic) bond motifs is 1. The number of hydrogen-bond donors (Lipinski definition) is 1. The summed E-state index contributed by atoms with van der Waals surface area (Å²) in [5.41, 5.74) is 3.56. The van der Waals surface area contributed by atoms with Gasteiger partial charge in [0.2, 0.25) is 0 Å². The number of ether oxygens (including phenoxy) is 1. The molecular formula is C22H16INO3. The minimum Gasteiger partial charge on any atom is -0.454 e. The lowest BCUT2D eigenvalue weighted by Gasteiger charge is -2.25. The lowest BCUT2D eigenvalue weighted by molar-refractivity contribution is 0.0252. The fraction of sp³-hybridized carbons (Fsp3) is 0.0909. The quantitative estimate of drug-likeness (QED) is 0.434. The summed E-state index contributed by atoms with van der Waals surface area (Å²) in [6.45, 7) is 0. The molecule has 5 heteroatoms. The maximum Gasteiger partial charge on any atom is 0.339 e. The van der Waals surface area contributed by atoms with Crippen LogP contribution in [0.2, 0.25) is 0 Å². The van der Waals surface area contributed by atoms with Gasteiger partial charge in [0.1, 0.15) is 6.10 Å². The number of esters is 1. The van der Waals surface area contributed by atoms with Gasteiger partial charge in [-0.1, -0.05) is 30.3 Å². The van der Waals surface area contributed by atoms with Crippen LogP contribution in [0.3, 0.4) is 0 Å². The highest BCUT2D eigenvalue weighted by Crippen LogP contribution is 2.31. The van der Waals surface area contributed by atoms with Crippen molar-refractivity contribution in [1.29, 1.82) is 0 Å². The summed E-state index contributed by atoms with van der Waals surface area (Å²) in [6, 6.07) is 22.4. The van der Waals surface area contributed by atoms with Gasteiger partial charge in [-0.25, -0.2) is 4.79 Å². The van der Waals surface area contributed by atoms with E-state index in [1.807, 2.05) is 54.6 Å². The Bertz CT molecular complexity index is 1000. The maximum absolute atomic E-state index is 12.6. The highest BCUT2D eigenvalue weighted by atomic mass is 127. The first-order valence-electron chi connectivity index (χ1n) is 8.56. The normalized spacial score (nSPS) is 15.6. The van der Waals surface area contributed by atoms with Crippen molar-refractivity contribution < 1.29 is 14.3 Å². The molecule has 0 spiro atoms. The Morgan fingerprint density at radius 3 is 2.48 bits per heavy atom. The Balaban J connectivity index is 1.58. The average Bonchev–Trinajstić information content (AvgIpc) is 2.70. The van der Waals surface area contributed by atoms with Gasteiger partial charge in [-0.2, -0.15) is 0 Å². The molecule has 0 radical (unpaired) electrons. The smallest absolute Gasteiger partial charge is 0.339 e. The highest BCUT2D eigenvalue weighted by molar-refractivity contribution is 14.1. The third-order valence-corrected chi connectivity index (χ3v) is 5.23. The first-order chi connectivity index (χ1) is 13.1. The third kappa shape index (κ3) is 3.88. The van der Waals surface area contributed by atoms with E-state index in [1.54, 1.807) is 18.2 Å². The second-order valence-electron chi connectivity index (χ2n) is 6.34. The number of carbonyl (C=O) groups is 2. The molecule has 1 aliphatic heterocycles. The molecule has 134 valence electrons. The van der Waals surface area contributed by atoms with Crippen LogP contribution in [-0.2, 0) is 11.2 Å². The Morgan fingerprint density at radius 2 is 1.74 bits per heavy atom. The van der Waals surface area contributed by atoms with E-state index in [1.165, 1.54) is 0 Å². The molecular weight excluding hydrogens is 453 g/mol. The molecule has 1 N–H and O–H groups in total. The van der Waals surface area contributed by atoms with Crippen LogP contribution in [-0.4, -0.2) is 11.9 Å². The van der Waals surface area contributed by atoms with Gasteiger partial charge in [0.05, 0.1) is 5.56 Å². The largest absolute Gasteiger partial charge is 0.454 e. The molecule has 0 saturated carbocycles. The summed E-state index contributed by atoms with van der Waals surface area (Å²) in [5.74, 6) is -0.552. The number of amides is 1. The Hall–Kier alpha value is -2.67. The van der Waals surface area contributed by atoms with Crippen LogP contribution in [0.4, 0.5) is 5.69 Å². The van der Waals surface area contributed by atoms with Gasteiger partial charge >= 0.3 is 5.97 Å². The van der Waals surface area contributed by atoms with Crippen molar-refractivity contribution in [3.8, 4) is 0 Å². The van der Waals surface area contributed by atoms with Crippen LogP contribution in [0.15, 0.2) is 72.8 Å². The van der Waals surface area contributed by atoms with E-state index >= 15 is 0 Å². The Labute approximate surface area is 170 Å². The van der Waals surface area contributed by atoms with Gasteiger partial charge in [-0.3, -0.25) is 4.79 Å². The minimum absolute atomic E-state index is 0.200. The molecule has 0 bridgehead atoms. The second kappa shape index (κ2) is 7.52. The molecule has 1 unspecified atom stereocenters. The molecule has 27 heavy (non-hydrogen) atoms. The number of nitrogens with one attached hydrogen (secondary N) is 1. The topological polar surface area (TPSA) is 55.4 Å². The Kier molecular flexibility index (Phi) is 4.94. The van der Waals surface area contributed by atoms with Gasteiger partial charge in [-0.05, 0) is 76.2 Å². The van der Waals surface area contributed by atoms with Gasteiger partial charge in [0.15, 0.2) is 0 Å². The van der Waals surface area contributed by atoms with Gasteiger partial charge in [0, 0.05) is 21.2 Å². The van der Waals surface area contributed by atoms with Crippen molar-refractivity contribution in [1.82, 2.24) is 0 Å². The predicted octanol–water partition coefficient (Wildman–Crippen LogP) is 5.00. The molecule has 1 heterocycles. The van der Waals surface area contributed by atoms with Crippen molar-refractivity contribution in [3.63, 3.8) is 0 Å². The molecule has 0 fully saturated rings. The predicted molar refractivity (Wildman–Crippen MR) is 112 cm³/mol. The van der Waals surface area contributed by atoms with Crippen LogP contribution in [0.25, 0.3) is 0 Å². The summed E-state index contributed by atoms with van der Waals surface area (Å²) in [6.07, 6.45) is 0.219. The van der Waals surface area contributed by atoms with Crippen molar-refractivity contribution in [3.05, 3.63) is 98.6 Å². The number of carbonyl (C=O) groups excluding carboxylic acids is 2. The number of anilines is 1. The van der Waals surface area contributed by atoms with E-state index in [9.17, 15) is 9.59 Å². The van der Waals surface area contributed by atoms with E-state index in [2.05, 4.69) is 27.9 Å². The van der Waals surface area contributed by atoms with E-state index in [0.29, 0.717) is 17.5 Å². The van der Waals surface area contributed by atoms with Crippen LogP contribution in [0, 0.1) is 3.57 Å². The van der Waals surface area contributed by atoms with Gasteiger partial charge < -0.3 is 10.1 Å². The van der Waals surface area contributed by atoms with E-state index in [0.717, 1.165) is 20.4 Å². The van der Waals surface area contributed by atoms with Crippen molar-refractivity contribution in [2.24, 2.45) is 0 Å². The van der Waals surface area contributed by atoms with Gasteiger partial charge in [0.25, 0.3) is 5.91 Å². The molecule has 3 aromatic rings. The summed E-state index contributed by atoms with van der Waals surface area (Å²) in [4.78, 5) is 24.9. The zero-order chi connectivity index (χ0) is 18.8. The standard InChI is InChI=1S/C22H16INO3/c23-17-7-9-18(10-8-17)24-21(25)15-6-11-19-16(12-15)13-20(27-22(19)26)14-4-2-1-3-5-14/h1-12,20H,13H2,(H,24,25). The third-order valence-electron chi connectivity index (χ3n) is 4.52. The lowest BCUT2D eigenvalue weighted by Crippen LogP contribution is -2.23. The molecule has 1 atom stereocenters. The number of cyclic esters (lactones) is 1. The molecule has 0 aliphatic carbocycles. The minimum atomic E-state index is -0.352. The molecule has 3 aromatic carbocycles. The molecule has 1 aliphatic rings. The molecule has 4 nitrogen and oxygen atoms in total. The van der Waals surface area contributed by atoms with E-state index in [4.69, 9.17) is 4.74 Å². The second-order valence-corrected chi connectivity index (χ2v) is 7.59. The highest BCUT2D eigenvalue weighted by Gasteiger charge is 2.28. The van der Waals surface area contributed by atoms with Crippen LogP contribution in [0.1, 0.15) is 37.9 Å². The number of benzene rings is 3. The summed E-state index contributed by atoms with van der Waals surface area (Å²) in [5, 5.41) is 2.89. The SMILES string of the molecule is O=C(Nc1ccc(I)cc1)c1ccc2c(c1)CC(c1ccccc1)OC2=O. The Morgan fingerprint density at radius 1 is 1.00 bits per heavy atom. The van der Waals surface area contributed by atoms with Crippen LogP contribution >= 0.6 is 22.6 Å². The fourth-order valence-corrected chi connectivity index (χ4v) is 3.49. The van der Waals surface area contributed by atoms with E-state index in [-0.39, 0.29) is 18.0 Å². The monoisotopic (exact) mass is 469 g/mol. The zero-order valence-electron chi connectivity index (χ0n) is 14.3. The molecule has 0 aromatic heterocycles. The first kappa shape index (κ1) is 17.7. The lowest BCUT2D eigenvalue weighted by atomic mass is 9.93. The summed E-state index contributed by atoms with van der Waals surface area (Å²) < 4.78 is 6.67. The zero-order valence-corrected chi connectivity index (χ0v) is 16.5. The molecule has 0 saturated heterocycles. The van der Waals surface area contributed by atoms with Crippen LogP contribution < -0.4 is 5.32 Å². The summed E-state index contributed by atoms with van der Waals surface area (Å²) in [7, 11) is 0. The van der Waals surface area contributed by atoms with Crippen molar-refractivity contribution >= 4 is 40.2 Å². The number of hydrogen-bond acceptors (Lipinski definition) is 3.